The van der Waals surface area contributed by atoms with Crippen LogP contribution in [-0.2, 0) is 6.42 Å². The molecule has 1 heterocycles. The second-order valence-electron chi connectivity index (χ2n) is 4.82. The van der Waals surface area contributed by atoms with Gasteiger partial charge in [-0.25, -0.2) is 4.98 Å². The Bertz CT molecular complexity index is 532. The molecule has 0 amide bonds. The summed E-state index contributed by atoms with van der Waals surface area (Å²) in [4.78, 5) is 4.82. The molecule has 0 aliphatic carbocycles. The zero-order chi connectivity index (χ0) is 13.0. The first-order valence-corrected chi connectivity index (χ1v) is 6.89. The van der Waals surface area contributed by atoms with Crippen molar-refractivity contribution in [2.75, 3.05) is 11.9 Å². The smallest absolute Gasteiger partial charge is 0.129 e. The van der Waals surface area contributed by atoms with Gasteiger partial charge in [0.1, 0.15) is 5.82 Å². The summed E-state index contributed by atoms with van der Waals surface area (Å²) in [6.45, 7) is 7.49. The Morgan fingerprint density at radius 2 is 2.00 bits per heavy atom. The lowest BCUT2D eigenvalue weighted by Gasteiger charge is -2.11. The van der Waals surface area contributed by atoms with E-state index in [-0.39, 0.29) is 0 Å². The summed E-state index contributed by atoms with van der Waals surface area (Å²) in [6, 6.07) is 8.71. The summed E-state index contributed by atoms with van der Waals surface area (Å²) in [7, 11) is 0. The first-order valence-electron chi connectivity index (χ1n) is 6.89. The maximum absolute atomic E-state index is 4.82. The molecule has 0 aliphatic heterocycles. The van der Waals surface area contributed by atoms with Crippen LogP contribution >= 0.6 is 0 Å². The molecule has 0 bridgehead atoms. The lowest BCUT2D eigenvalue weighted by molar-refractivity contribution is 0.925. The minimum atomic E-state index is 0.981. The third-order valence-electron chi connectivity index (χ3n) is 3.18. The van der Waals surface area contributed by atoms with Gasteiger partial charge in [-0.3, -0.25) is 0 Å². The Morgan fingerprint density at radius 1 is 1.17 bits per heavy atom. The molecule has 1 aromatic heterocycles. The number of hydrogen-bond acceptors (Lipinski definition) is 2. The molecule has 0 atom stereocenters. The van der Waals surface area contributed by atoms with Crippen molar-refractivity contribution in [3.8, 4) is 0 Å². The van der Waals surface area contributed by atoms with E-state index in [1.54, 1.807) is 0 Å². The Kier molecular flexibility index (Phi) is 4.19. The molecule has 2 nitrogen and oxygen atoms in total. The molecule has 0 aliphatic rings. The molecule has 0 fully saturated rings. The maximum Gasteiger partial charge on any atom is 0.129 e. The van der Waals surface area contributed by atoms with E-state index in [0.29, 0.717) is 0 Å². The van der Waals surface area contributed by atoms with E-state index in [1.807, 2.05) is 0 Å². The molecule has 0 unspecified atom stereocenters. The minimum absolute atomic E-state index is 0.981. The number of pyridine rings is 1. The van der Waals surface area contributed by atoms with E-state index in [9.17, 15) is 0 Å². The van der Waals surface area contributed by atoms with Gasteiger partial charge in [0.25, 0.3) is 0 Å². The highest BCUT2D eigenvalue weighted by molar-refractivity contribution is 5.84. The van der Waals surface area contributed by atoms with Crippen molar-refractivity contribution in [3.63, 3.8) is 0 Å². The van der Waals surface area contributed by atoms with Gasteiger partial charge >= 0.3 is 0 Å². The van der Waals surface area contributed by atoms with Crippen molar-refractivity contribution in [1.29, 1.82) is 0 Å². The predicted octanol–water partition coefficient (Wildman–Crippen LogP) is 4.32. The number of anilines is 1. The third kappa shape index (κ3) is 2.63. The molecule has 18 heavy (non-hydrogen) atoms. The zero-order valence-electron chi connectivity index (χ0n) is 11.6. The number of aromatic nitrogens is 1. The number of aryl methyl sites for hydroxylation is 2. The van der Waals surface area contributed by atoms with Crippen LogP contribution < -0.4 is 5.32 Å². The monoisotopic (exact) mass is 242 g/mol. The minimum Gasteiger partial charge on any atom is -0.370 e. The quantitative estimate of drug-likeness (QED) is 0.844. The largest absolute Gasteiger partial charge is 0.370 e. The van der Waals surface area contributed by atoms with Crippen LogP contribution in [0.15, 0.2) is 24.3 Å². The highest BCUT2D eigenvalue weighted by atomic mass is 15.0. The fourth-order valence-corrected chi connectivity index (χ4v) is 2.26. The lowest BCUT2D eigenvalue weighted by atomic mass is 10.0. The number of hydrogen-bond donors (Lipinski definition) is 1. The number of nitrogens with one attached hydrogen (secondary N) is 1. The van der Waals surface area contributed by atoms with Gasteiger partial charge in [0, 0.05) is 11.9 Å². The standard InChI is InChI=1S/C16H22N2/c1-4-7-13-8-6-9-14-11-12(3)16(17-10-5-2)18-15(13)14/h6,8-9,11H,4-5,7,10H2,1-3H3,(H,17,18). The van der Waals surface area contributed by atoms with Crippen LogP contribution in [0.4, 0.5) is 5.82 Å². The molecule has 2 rings (SSSR count). The van der Waals surface area contributed by atoms with Gasteiger partial charge in [0.05, 0.1) is 5.52 Å². The molecule has 2 heteroatoms. The molecule has 0 saturated heterocycles. The molecule has 1 N–H and O–H groups in total. The molecule has 96 valence electrons. The summed E-state index contributed by atoms with van der Waals surface area (Å²) >= 11 is 0. The SMILES string of the molecule is CCCNc1nc2c(CCC)cccc2cc1C. The molecule has 0 radical (unpaired) electrons. The van der Waals surface area contributed by atoms with Gasteiger partial charge < -0.3 is 5.32 Å². The lowest BCUT2D eigenvalue weighted by Crippen LogP contribution is -2.04. The number of para-hydroxylation sites is 1. The average Bonchev–Trinajstić information content (AvgIpc) is 2.37. The first-order chi connectivity index (χ1) is 8.76. The summed E-state index contributed by atoms with van der Waals surface area (Å²) in [6.07, 6.45) is 3.38. The maximum atomic E-state index is 4.82. The second kappa shape index (κ2) is 5.85. The Hall–Kier alpha value is -1.57. The van der Waals surface area contributed by atoms with Crippen molar-refractivity contribution >= 4 is 16.7 Å². The zero-order valence-corrected chi connectivity index (χ0v) is 11.6. The van der Waals surface area contributed by atoms with E-state index < -0.39 is 0 Å². The van der Waals surface area contributed by atoms with Gasteiger partial charge in [-0.05, 0) is 37.0 Å². The second-order valence-corrected chi connectivity index (χ2v) is 4.82. The van der Waals surface area contributed by atoms with Crippen molar-refractivity contribution in [2.24, 2.45) is 0 Å². The molecular formula is C16H22N2. The van der Waals surface area contributed by atoms with Crippen molar-refractivity contribution in [2.45, 2.75) is 40.0 Å². The van der Waals surface area contributed by atoms with Gasteiger partial charge in [-0.15, -0.1) is 0 Å². The van der Waals surface area contributed by atoms with E-state index in [2.05, 4.69) is 50.4 Å². The van der Waals surface area contributed by atoms with Crippen molar-refractivity contribution in [1.82, 2.24) is 4.98 Å². The molecule has 2 aromatic rings. The van der Waals surface area contributed by atoms with E-state index in [4.69, 9.17) is 4.98 Å². The van der Waals surface area contributed by atoms with Crippen LogP contribution in [0, 0.1) is 6.92 Å². The van der Waals surface area contributed by atoms with E-state index in [0.717, 1.165) is 37.1 Å². The van der Waals surface area contributed by atoms with Crippen LogP contribution in [0.25, 0.3) is 10.9 Å². The predicted molar refractivity (Wildman–Crippen MR) is 79.3 cm³/mol. The summed E-state index contributed by atoms with van der Waals surface area (Å²) in [5.41, 5.74) is 3.74. The van der Waals surface area contributed by atoms with Crippen molar-refractivity contribution < 1.29 is 0 Å². The summed E-state index contributed by atoms with van der Waals surface area (Å²) in [5, 5.41) is 4.66. The molecular weight excluding hydrogens is 220 g/mol. The summed E-state index contributed by atoms with van der Waals surface area (Å²) < 4.78 is 0. The van der Waals surface area contributed by atoms with Gasteiger partial charge in [0.15, 0.2) is 0 Å². The normalized spacial score (nSPS) is 10.8. The van der Waals surface area contributed by atoms with Crippen LogP contribution in [0.1, 0.15) is 37.8 Å². The highest BCUT2D eigenvalue weighted by Crippen LogP contribution is 2.23. The van der Waals surface area contributed by atoms with Crippen molar-refractivity contribution in [3.05, 3.63) is 35.4 Å². The molecule has 0 saturated carbocycles. The number of rotatable bonds is 5. The van der Waals surface area contributed by atoms with E-state index in [1.165, 1.54) is 16.5 Å². The fraction of sp³-hybridized carbons (Fsp3) is 0.438. The van der Waals surface area contributed by atoms with Crippen LogP contribution in [0.5, 0.6) is 0 Å². The third-order valence-corrected chi connectivity index (χ3v) is 3.18. The number of benzene rings is 1. The van der Waals surface area contributed by atoms with Gasteiger partial charge in [-0.2, -0.15) is 0 Å². The Labute approximate surface area is 109 Å². The van der Waals surface area contributed by atoms with Crippen LogP contribution in [-0.4, -0.2) is 11.5 Å². The van der Waals surface area contributed by atoms with Gasteiger partial charge in [-0.1, -0.05) is 38.5 Å². The fourth-order valence-electron chi connectivity index (χ4n) is 2.26. The Balaban J connectivity index is 2.48. The average molecular weight is 242 g/mol. The Morgan fingerprint density at radius 3 is 2.72 bits per heavy atom. The van der Waals surface area contributed by atoms with Crippen LogP contribution in [0.2, 0.25) is 0 Å². The number of nitrogens with zero attached hydrogens (tertiary/aromatic N) is 1. The van der Waals surface area contributed by atoms with E-state index >= 15 is 0 Å². The first kappa shape index (κ1) is 12.9. The highest BCUT2D eigenvalue weighted by Gasteiger charge is 2.06. The van der Waals surface area contributed by atoms with Crippen LogP contribution in [0.3, 0.4) is 0 Å². The molecule has 1 aromatic carbocycles. The topological polar surface area (TPSA) is 24.9 Å². The number of fused-ring (bicyclic) bond motifs is 1. The molecule has 0 spiro atoms. The summed E-state index contributed by atoms with van der Waals surface area (Å²) in [5.74, 6) is 1.04. The van der Waals surface area contributed by atoms with Gasteiger partial charge in [0.2, 0.25) is 0 Å².